The van der Waals surface area contributed by atoms with Crippen molar-refractivity contribution in [3.05, 3.63) is 82.4 Å². The summed E-state index contributed by atoms with van der Waals surface area (Å²) in [7, 11) is 0. The van der Waals surface area contributed by atoms with Gasteiger partial charge in [0.25, 0.3) is 0 Å². The smallest absolute Gasteiger partial charge is 0.227 e. The maximum absolute atomic E-state index is 14.0. The predicted octanol–water partition coefficient (Wildman–Crippen LogP) is 5.73. The molecule has 8 nitrogen and oxygen atoms in total. The van der Waals surface area contributed by atoms with E-state index in [1.54, 1.807) is 13.0 Å². The van der Waals surface area contributed by atoms with Crippen molar-refractivity contribution in [2.75, 3.05) is 50.9 Å². The number of para-hydroxylation sites is 2. The molecule has 0 fully saturated rings. The van der Waals surface area contributed by atoms with E-state index in [0.717, 1.165) is 47.5 Å². The van der Waals surface area contributed by atoms with Gasteiger partial charge in [-0.25, -0.2) is 0 Å². The predicted molar refractivity (Wildman–Crippen MR) is 168 cm³/mol. The summed E-state index contributed by atoms with van der Waals surface area (Å²) in [5.74, 6) is 1.94. The first-order chi connectivity index (χ1) is 20.9. The normalized spacial score (nSPS) is 16.1. The molecule has 2 heterocycles. The van der Waals surface area contributed by atoms with E-state index in [1.165, 1.54) is 0 Å². The van der Waals surface area contributed by atoms with Crippen LogP contribution in [0, 0.1) is 0 Å². The van der Waals surface area contributed by atoms with Gasteiger partial charge in [-0.2, -0.15) is 0 Å². The largest absolute Gasteiger partial charge is 0.494 e. The molecule has 0 spiro atoms. The lowest BCUT2D eigenvalue weighted by molar-refractivity contribution is -0.131. The van der Waals surface area contributed by atoms with Crippen LogP contribution in [0.25, 0.3) is 0 Å². The van der Waals surface area contributed by atoms with Crippen molar-refractivity contribution >= 4 is 29.1 Å². The number of carbonyl (C=O) groups is 2. The minimum absolute atomic E-state index is 0.0142. The lowest BCUT2D eigenvalue weighted by Gasteiger charge is -2.28. The zero-order valence-electron chi connectivity index (χ0n) is 25.0. The molecule has 0 aromatic heterocycles. The number of ether oxygens (including phenoxy) is 3. The number of anilines is 1. The van der Waals surface area contributed by atoms with E-state index in [9.17, 15) is 9.59 Å². The van der Waals surface area contributed by atoms with Gasteiger partial charge in [-0.05, 0) is 48.7 Å². The van der Waals surface area contributed by atoms with Crippen molar-refractivity contribution in [3.63, 3.8) is 0 Å². The summed E-state index contributed by atoms with van der Waals surface area (Å²) in [5.41, 5.74) is 3.67. The van der Waals surface area contributed by atoms with Crippen LogP contribution in [-0.4, -0.2) is 67.6 Å². The summed E-state index contributed by atoms with van der Waals surface area (Å²) in [6.45, 7) is 8.91. The number of hydrogen-bond donors (Lipinski definition) is 0. The fourth-order valence-corrected chi connectivity index (χ4v) is 5.97. The molecule has 0 saturated carbocycles. The van der Waals surface area contributed by atoms with E-state index < -0.39 is 0 Å². The van der Waals surface area contributed by atoms with Crippen LogP contribution in [0.1, 0.15) is 43.4 Å². The third-order valence-electron chi connectivity index (χ3n) is 7.80. The fourth-order valence-electron chi connectivity index (χ4n) is 5.68. The number of fused-ring (bicyclic) bond motifs is 2. The first kappa shape index (κ1) is 30.7. The molecular weight excluding hydrogens is 566 g/mol. The second kappa shape index (κ2) is 14.6. The average molecular weight is 606 g/mol. The van der Waals surface area contributed by atoms with Crippen LogP contribution in [0.3, 0.4) is 0 Å². The van der Waals surface area contributed by atoms with Crippen molar-refractivity contribution in [1.82, 2.24) is 9.80 Å². The van der Waals surface area contributed by atoms with Crippen LogP contribution >= 0.6 is 11.6 Å². The maximum Gasteiger partial charge on any atom is 0.227 e. The first-order valence-electron chi connectivity index (χ1n) is 15.1. The lowest BCUT2D eigenvalue weighted by Crippen LogP contribution is -2.39. The van der Waals surface area contributed by atoms with E-state index in [4.69, 9.17) is 25.8 Å². The number of amides is 2. The van der Waals surface area contributed by atoms with E-state index in [0.29, 0.717) is 69.1 Å². The van der Waals surface area contributed by atoms with Crippen LogP contribution in [0.5, 0.6) is 17.2 Å². The van der Waals surface area contributed by atoms with Gasteiger partial charge in [-0.1, -0.05) is 48.0 Å². The fraction of sp³-hybridized carbons (Fsp3) is 0.412. The van der Waals surface area contributed by atoms with E-state index in [-0.39, 0.29) is 18.2 Å². The van der Waals surface area contributed by atoms with Gasteiger partial charge in [0.05, 0.1) is 31.3 Å². The second-order valence-electron chi connectivity index (χ2n) is 10.9. The molecule has 9 heteroatoms. The Morgan fingerprint density at radius 1 is 0.930 bits per heavy atom. The highest BCUT2D eigenvalue weighted by molar-refractivity contribution is 6.32. The molecule has 228 valence electrons. The van der Waals surface area contributed by atoms with Crippen molar-refractivity contribution in [1.29, 1.82) is 0 Å². The van der Waals surface area contributed by atoms with Gasteiger partial charge in [0.1, 0.15) is 5.75 Å². The Bertz CT molecular complexity index is 1430. The molecule has 0 N–H and O–H groups in total. The van der Waals surface area contributed by atoms with Crippen LogP contribution in [0.2, 0.25) is 5.02 Å². The van der Waals surface area contributed by atoms with Gasteiger partial charge >= 0.3 is 0 Å². The highest BCUT2D eigenvalue weighted by atomic mass is 35.5. The molecule has 0 radical (unpaired) electrons. The Kier molecular flexibility index (Phi) is 10.4. The summed E-state index contributed by atoms with van der Waals surface area (Å²) in [6, 6.07) is 19.6. The molecule has 2 aliphatic heterocycles. The van der Waals surface area contributed by atoms with Gasteiger partial charge in [0.15, 0.2) is 11.5 Å². The third-order valence-corrected chi connectivity index (χ3v) is 8.08. The molecule has 2 aliphatic rings. The summed E-state index contributed by atoms with van der Waals surface area (Å²) < 4.78 is 17.5. The minimum atomic E-state index is -0.0244. The maximum atomic E-state index is 14.0. The van der Waals surface area contributed by atoms with Crippen molar-refractivity contribution in [3.8, 4) is 17.2 Å². The Labute approximate surface area is 259 Å². The summed E-state index contributed by atoms with van der Waals surface area (Å²) >= 11 is 6.55. The molecule has 0 atom stereocenters. The first-order valence-corrected chi connectivity index (χ1v) is 15.5. The molecule has 3 aromatic carbocycles. The van der Waals surface area contributed by atoms with Gasteiger partial charge in [0, 0.05) is 63.9 Å². The molecule has 3 aromatic rings. The van der Waals surface area contributed by atoms with Crippen LogP contribution in [-0.2, 0) is 29.1 Å². The Balaban J connectivity index is 1.43. The quantitative estimate of drug-likeness (QED) is 0.357. The number of hydrogen-bond acceptors (Lipinski definition) is 6. The number of benzene rings is 3. The second-order valence-corrected chi connectivity index (χ2v) is 11.3. The molecule has 5 rings (SSSR count). The lowest BCUT2D eigenvalue weighted by atomic mass is 10.1. The van der Waals surface area contributed by atoms with E-state index >= 15 is 0 Å². The number of rotatable bonds is 6. The number of nitrogens with zero attached hydrogens (tertiary/aromatic N) is 3. The van der Waals surface area contributed by atoms with Crippen LogP contribution in [0.4, 0.5) is 5.69 Å². The van der Waals surface area contributed by atoms with Crippen LogP contribution < -0.4 is 19.1 Å². The standard InChI is InChI=1S/C34H40ClN3O5/c1-3-41-31-13-7-5-11-28(31)23-36-14-8-15-38(25(2)39)30-12-6-4-10-27(30)24-37(17-16-36)33(40)22-26-20-29(35)34-32(21-26)42-18-9-19-43-34/h4-7,10-13,20-21H,3,8-9,14-19,22-24H2,1-2H3. The number of halogens is 1. The SMILES string of the molecule is CCOc1ccccc1CN1CCCN(C(C)=O)c2ccccc2CN(C(=O)Cc2cc(Cl)c3c(c2)OCCCO3)CC1. The van der Waals surface area contributed by atoms with Crippen molar-refractivity contribution in [2.45, 2.75) is 46.2 Å². The highest BCUT2D eigenvalue weighted by Gasteiger charge is 2.24. The van der Waals surface area contributed by atoms with E-state index in [1.807, 2.05) is 65.3 Å². The summed E-state index contributed by atoms with van der Waals surface area (Å²) in [6.07, 6.45) is 1.74. The zero-order valence-corrected chi connectivity index (χ0v) is 25.8. The summed E-state index contributed by atoms with van der Waals surface area (Å²) in [5, 5.41) is 0.446. The zero-order chi connectivity index (χ0) is 30.2. The molecule has 0 bridgehead atoms. The molecule has 0 saturated heterocycles. The van der Waals surface area contributed by atoms with Gasteiger partial charge in [0.2, 0.25) is 11.8 Å². The topological polar surface area (TPSA) is 71.6 Å². The highest BCUT2D eigenvalue weighted by Crippen LogP contribution is 2.38. The monoisotopic (exact) mass is 605 g/mol. The van der Waals surface area contributed by atoms with Crippen molar-refractivity contribution < 1.29 is 23.8 Å². The number of carbonyl (C=O) groups excluding carboxylic acids is 2. The van der Waals surface area contributed by atoms with E-state index in [2.05, 4.69) is 11.0 Å². The minimum Gasteiger partial charge on any atom is -0.494 e. The molecule has 0 unspecified atom stereocenters. The molecule has 2 amide bonds. The van der Waals surface area contributed by atoms with Crippen molar-refractivity contribution in [2.24, 2.45) is 0 Å². The Hall–Kier alpha value is -3.75. The van der Waals surface area contributed by atoms with Gasteiger partial charge in [-0.15, -0.1) is 0 Å². The Morgan fingerprint density at radius 3 is 2.56 bits per heavy atom. The van der Waals surface area contributed by atoms with Gasteiger partial charge in [-0.3, -0.25) is 14.5 Å². The Morgan fingerprint density at radius 2 is 1.72 bits per heavy atom. The van der Waals surface area contributed by atoms with Crippen LogP contribution in [0.15, 0.2) is 60.7 Å². The molecular formula is C34H40ClN3O5. The summed E-state index contributed by atoms with van der Waals surface area (Å²) in [4.78, 5) is 32.9. The van der Waals surface area contributed by atoms with Gasteiger partial charge < -0.3 is 24.0 Å². The molecule has 43 heavy (non-hydrogen) atoms. The molecule has 0 aliphatic carbocycles. The third kappa shape index (κ3) is 7.80. The average Bonchev–Trinajstić information content (AvgIpc) is 3.25.